The van der Waals surface area contributed by atoms with Crippen LogP contribution in [-0.2, 0) is 11.3 Å². The molecule has 100 valence electrons. The molecule has 1 heterocycles. The molecule has 19 heavy (non-hydrogen) atoms. The van der Waals surface area contributed by atoms with Crippen LogP contribution in [0, 0.1) is 6.92 Å². The molecule has 1 aromatic heterocycles. The van der Waals surface area contributed by atoms with E-state index in [0.717, 1.165) is 34.8 Å². The normalized spacial score (nSPS) is 11.8. The predicted molar refractivity (Wildman–Crippen MR) is 77.1 cm³/mol. The fraction of sp³-hybridized carbons (Fsp3) is 0.267. The van der Waals surface area contributed by atoms with E-state index in [9.17, 15) is 4.79 Å². The summed E-state index contributed by atoms with van der Waals surface area (Å²) in [6, 6.07) is 5.93. The summed E-state index contributed by atoms with van der Waals surface area (Å²) in [5, 5.41) is 9.82. The Balaban J connectivity index is 2.47. The van der Waals surface area contributed by atoms with Crippen molar-refractivity contribution in [2.45, 2.75) is 13.5 Å². The zero-order valence-corrected chi connectivity index (χ0v) is 11.4. The zero-order chi connectivity index (χ0) is 14.0. The number of carbonyl (C=O) groups is 1. The Kier molecular flexibility index (Phi) is 3.71. The van der Waals surface area contributed by atoms with E-state index < -0.39 is 5.97 Å². The number of aromatic amines is 1. The van der Waals surface area contributed by atoms with E-state index in [0.29, 0.717) is 0 Å². The first-order valence-electron chi connectivity index (χ1n) is 6.14. The Morgan fingerprint density at radius 2 is 2.16 bits per heavy atom. The summed E-state index contributed by atoms with van der Waals surface area (Å²) in [4.78, 5) is 16.0. The van der Waals surface area contributed by atoms with Gasteiger partial charge in [0, 0.05) is 29.2 Å². The molecule has 4 nitrogen and oxygen atoms in total. The fourth-order valence-corrected chi connectivity index (χ4v) is 2.19. The average molecular weight is 258 g/mol. The lowest BCUT2D eigenvalue weighted by Gasteiger charge is -2.09. The third-order valence-electron chi connectivity index (χ3n) is 3.04. The van der Waals surface area contributed by atoms with Crippen molar-refractivity contribution >= 4 is 22.9 Å². The number of nitrogens with zero attached hydrogens (tertiary/aromatic N) is 1. The Hall–Kier alpha value is -2.07. The molecular weight excluding hydrogens is 240 g/mol. The minimum Gasteiger partial charge on any atom is -0.478 e. The minimum absolute atomic E-state index is 0.859. The third-order valence-corrected chi connectivity index (χ3v) is 3.04. The van der Waals surface area contributed by atoms with Gasteiger partial charge in [-0.25, -0.2) is 4.79 Å². The smallest absolute Gasteiger partial charge is 0.328 e. The topological polar surface area (TPSA) is 56.3 Å². The van der Waals surface area contributed by atoms with E-state index in [-0.39, 0.29) is 0 Å². The molecule has 0 saturated heterocycles. The molecule has 2 aromatic rings. The van der Waals surface area contributed by atoms with Crippen LogP contribution < -0.4 is 0 Å². The van der Waals surface area contributed by atoms with Gasteiger partial charge in [0.25, 0.3) is 0 Å². The van der Waals surface area contributed by atoms with Gasteiger partial charge in [-0.15, -0.1) is 0 Å². The van der Waals surface area contributed by atoms with E-state index in [1.807, 2.05) is 32.3 Å². The number of nitrogens with one attached hydrogen (secondary N) is 1. The molecule has 1 aromatic carbocycles. The average Bonchev–Trinajstić information content (AvgIpc) is 2.63. The molecule has 2 N–H and O–H groups in total. The second-order valence-corrected chi connectivity index (χ2v) is 4.94. The SMILES string of the molecule is Cc1[nH]c2ccc(C=CC(=O)O)cc2c1CN(C)C. The Morgan fingerprint density at radius 1 is 1.42 bits per heavy atom. The second-order valence-electron chi connectivity index (χ2n) is 4.94. The summed E-state index contributed by atoms with van der Waals surface area (Å²) in [5.74, 6) is -0.932. The first-order chi connectivity index (χ1) is 8.97. The molecular formula is C15H18N2O2. The number of hydrogen-bond acceptors (Lipinski definition) is 2. The molecule has 0 saturated carbocycles. The van der Waals surface area contributed by atoms with Crippen molar-refractivity contribution in [1.82, 2.24) is 9.88 Å². The zero-order valence-electron chi connectivity index (χ0n) is 11.4. The summed E-state index contributed by atoms with van der Waals surface area (Å²) in [6.45, 7) is 2.92. The van der Waals surface area contributed by atoms with Gasteiger partial charge < -0.3 is 15.0 Å². The van der Waals surface area contributed by atoms with Crippen molar-refractivity contribution in [2.75, 3.05) is 14.1 Å². The summed E-state index contributed by atoms with van der Waals surface area (Å²) >= 11 is 0. The van der Waals surface area contributed by atoms with Gasteiger partial charge >= 0.3 is 5.97 Å². The Labute approximate surface area is 112 Å². The molecule has 0 unspecified atom stereocenters. The highest BCUT2D eigenvalue weighted by molar-refractivity contribution is 5.89. The van der Waals surface area contributed by atoms with Crippen LogP contribution >= 0.6 is 0 Å². The van der Waals surface area contributed by atoms with Crippen molar-refractivity contribution in [2.24, 2.45) is 0 Å². The third kappa shape index (κ3) is 3.03. The van der Waals surface area contributed by atoms with E-state index in [1.165, 1.54) is 5.56 Å². The highest BCUT2D eigenvalue weighted by Gasteiger charge is 2.09. The summed E-state index contributed by atoms with van der Waals surface area (Å²) < 4.78 is 0. The van der Waals surface area contributed by atoms with Gasteiger partial charge in [0.1, 0.15) is 0 Å². The molecule has 0 aliphatic heterocycles. The van der Waals surface area contributed by atoms with Gasteiger partial charge in [0.2, 0.25) is 0 Å². The maximum atomic E-state index is 10.6. The molecule has 4 heteroatoms. The van der Waals surface area contributed by atoms with E-state index in [2.05, 4.69) is 16.8 Å². The lowest BCUT2D eigenvalue weighted by molar-refractivity contribution is -0.131. The van der Waals surface area contributed by atoms with E-state index in [4.69, 9.17) is 5.11 Å². The molecule has 2 rings (SSSR count). The molecule has 0 amide bonds. The molecule has 0 bridgehead atoms. The van der Waals surface area contributed by atoms with Crippen molar-refractivity contribution in [3.63, 3.8) is 0 Å². The first-order valence-corrected chi connectivity index (χ1v) is 6.14. The highest BCUT2D eigenvalue weighted by atomic mass is 16.4. The lowest BCUT2D eigenvalue weighted by Crippen LogP contribution is -2.11. The van der Waals surface area contributed by atoms with Crippen molar-refractivity contribution in [3.05, 3.63) is 41.1 Å². The van der Waals surface area contributed by atoms with Gasteiger partial charge in [-0.2, -0.15) is 0 Å². The number of benzene rings is 1. The van der Waals surface area contributed by atoms with Crippen LogP contribution in [0.1, 0.15) is 16.8 Å². The molecule has 0 aliphatic carbocycles. The molecule has 0 radical (unpaired) electrons. The van der Waals surface area contributed by atoms with Crippen molar-refractivity contribution in [3.8, 4) is 0 Å². The molecule has 0 aliphatic rings. The number of rotatable bonds is 4. The number of aromatic nitrogens is 1. The Morgan fingerprint density at radius 3 is 2.79 bits per heavy atom. The number of fused-ring (bicyclic) bond motifs is 1. The first kappa shape index (κ1) is 13.4. The monoisotopic (exact) mass is 258 g/mol. The summed E-state index contributed by atoms with van der Waals surface area (Å²) in [7, 11) is 4.07. The summed E-state index contributed by atoms with van der Waals surface area (Å²) in [6.07, 6.45) is 2.77. The predicted octanol–water partition coefficient (Wildman–Crippen LogP) is 2.64. The van der Waals surface area contributed by atoms with Gasteiger partial charge in [0.15, 0.2) is 0 Å². The standard InChI is InChI=1S/C15H18N2O2/c1-10-13(9-17(2)3)12-8-11(5-7-15(18)19)4-6-14(12)16-10/h4-8,16H,9H2,1-3H3,(H,18,19). The number of carboxylic acids is 1. The quantitative estimate of drug-likeness (QED) is 0.829. The Bertz CT molecular complexity index is 639. The number of hydrogen-bond donors (Lipinski definition) is 2. The fourth-order valence-electron chi connectivity index (χ4n) is 2.19. The highest BCUT2D eigenvalue weighted by Crippen LogP contribution is 2.24. The van der Waals surface area contributed by atoms with Crippen LogP contribution in [0.4, 0.5) is 0 Å². The van der Waals surface area contributed by atoms with Crippen molar-refractivity contribution < 1.29 is 9.90 Å². The number of aliphatic carboxylic acids is 1. The maximum Gasteiger partial charge on any atom is 0.328 e. The lowest BCUT2D eigenvalue weighted by atomic mass is 10.1. The van der Waals surface area contributed by atoms with Crippen molar-refractivity contribution in [1.29, 1.82) is 0 Å². The summed E-state index contributed by atoms with van der Waals surface area (Å²) in [5.41, 5.74) is 4.39. The van der Waals surface area contributed by atoms with E-state index in [1.54, 1.807) is 6.08 Å². The van der Waals surface area contributed by atoms with Gasteiger partial charge in [-0.1, -0.05) is 6.07 Å². The van der Waals surface area contributed by atoms with Crippen LogP contribution in [0.2, 0.25) is 0 Å². The molecule has 0 atom stereocenters. The second kappa shape index (κ2) is 5.28. The van der Waals surface area contributed by atoms with Crippen LogP contribution in [0.5, 0.6) is 0 Å². The molecule has 0 fully saturated rings. The maximum absolute atomic E-state index is 10.6. The van der Waals surface area contributed by atoms with Gasteiger partial charge in [0.05, 0.1) is 0 Å². The number of H-pyrrole nitrogens is 1. The minimum atomic E-state index is -0.932. The molecule has 0 spiro atoms. The number of aryl methyl sites for hydroxylation is 1. The number of carboxylic acid groups (broad SMARTS) is 1. The van der Waals surface area contributed by atoms with Crippen LogP contribution in [0.15, 0.2) is 24.3 Å². The van der Waals surface area contributed by atoms with Gasteiger partial charge in [-0.3, -0.25) is 0 Å². The van der Waals surface area contributed by atoms with Gasteiger partial charge in [-0.05, 0) is 50.4 Å². The van der Waals surface area contributed by atoms with E-state index >= 15 is 0 Å². The van der Waals surface area contributed by atoms with Crippen LogP contribution in [-0.4, -0.2) is 35.1 Å². The largest absolute Gasteiger partial charge is 0.478 e. The van der Waals surface area contributed by atoms with Crippen LogP contribution in [0.3, 0.4) is 0 Å². The van der Waals surface area contributed by atoms with Crippen LogP contribution in [0.25, 0.3) is 17.0 Å².